The average molecular weight is 354 g/mol. The SMILES string of the molecule is CC(=O)c1ccc(Nc2ccc(N3CCN(C)CC3)cc2)c([N+](=O)[O-])c1. The fourth-order valence-electron chi connectivity index (χ4n) is 2.98. The molecule has 1 N–H and O–H groups in total. The lowest BCUT2D eigenvalue weighted by molar-refractivity contribution is -0.383. The molecule has 2 aromatic rings. The third-order valence-corrected chi connectivity index (χ3v) is 4.62. The van der Waals surface area contributed by atoms with Gasteiger partial charge in [0, 0.05) is 49.2 Å². The molecular formula is C19H22N4O3. The Morgan fingerprint density at radius 1 is 1.08 bits per heavy atom. The van der Waals surface area contributed by atoms with Gasteiger partial charge in [0.05, 0.1) is 4.92 Å². The second kappa shape index (κ2) is 7.53. The fourth-order valence-corrected chi connectivity index (χ4v) is 2.98. The summed E-state index contributed by atoms with van der Waals surface area (Å²) in [6.45, 7) is 5.44. The molecule has 2 aromatic carbocycles. The highest BCUT2D eigenvalue weighted by Gasteiger charge is 2.17. The molecule has 0 bridgehead atoms. The molecular weight excluding hydrogens is 332 g/mol. The number of carbonyl (C=O) groups excluding carboxylic acids is 1. The number of likely N-dealkylation sites (N-methyl/N-ethyl adjacent to an activating group) is 1. The first-order valence-electron chi connectivity index (χ1n) is 8.54. The Hall–Kier alpha value is -2.93. The summed E-state index contributed by atoms with van der Waals surface area (Å²) in [6.07, 6.45) is 0. The minimum atomic E-state index is -0.479. The summed E-state index contributed by atoms with van der Waals surface area (Å²) in [7, 11) is 2.12. The third kappa shape index (κ3) is 4.00. The molecule has 0 aliphatic carbocycles. The zero-order valence-corrected chi connectivity index (χ0v) is 14.9. The van der Waals surface area contributed by atoms with Gasteiger partial charge in [-0.1, -0.05) is 0 Å². The van der Waals surface area contributed by atoms with Gasteiger partial charge in [0.1, 0.15) is 5.69 Å². The van der Waals surface area contributed by atoms with E-state index in [0.29, 0.717) is 11.3 Å². The maximum atomic E-state index is 11.4. The highest BCUT2D eigenvalue weighted by molar-refractivity contribution is 5.95. The number of hydrogen-bond donors (Lipinski definition) is 1. The third-order valence-electron chi connectivity index (χ3n) is 4.62. The second-order valence-corrected chi connectivity index (χ2v) is 6.51. The molecule has 0 amide bonds. The van der Waals surface area contributed by atoms with Crippen molar-refractivity contribution in [3.05, 3.63) is 58.1 Å². The van der Waals surface area contributed by atoms with E-state index in [1.807, 2.05) is 24.3 Å². The zero-order valence-electron chi connectivity index (χ0n) is 14.9. The Bertz CT molecular complexity index is 812. The molecule has 0 spiro atoms. The van der Waals surface area contributed by atoms with Crippen molar-refractivity contribution in [2.24, 2.45) is 0 Å². The Balaban J connectivity index is 1.77. The Morgan fingerprint density at radius 2 is 1.73 bits per heavy atom. The molecule has 0 aromatic heterocycles. The number of rotatable bonds is 5. The molecule has 7 heteroatoms. The topological polar surface area (TPSA) is 78.7 Å². The van der Waals surface area contributed by atoms with Gasteiger partial charge in [0.25, 0.3) is 5.69 Å². The van der Waals surface area contributed by atoms with E-state index in [9.17, 15) is 14.9 Å². The normalized spacial score (nSPS) is 14.9. The van der Waals surface area contributed by atoms with Gasteiger partial charge in [0.15, 0.2) is 5.78 Å². The van der Waals surface area contributed by atoms with Crippen molar-refractivity contribution in [1.29, 1.82) is 0 Å². The number of nitrogens with zero attached hydrogens (tertiary/aromatic N) is 3. The highest BCUT2D eigenvalue weighted by Crippen LogP contribution is 2.30. The highest BCUT2D eigenvalue weighted by atomic mass is 16.6. The second-order valence-electron chi connectivity index (χ2n) is 6.51. The van der Waals surface area contributed by atoms with Crippen LogP contribution in [0.5, 0.6) is 0 Å². The van der Waals surface area contributed by atoms with Gasteiger partial charge in [-0.3, -0.25) is 14.9 Å². The maximum absolute atomic E-state index is 11.4. The molecule has 26 heavy (non-hydrogen) atoms. The van der Waals surface area contributed by atoms with Crippen molar-refractivity contribution in [3.8, 4) is 0 Å². The summed E-state index contributed by atoms with van der Waals surface area (Å²) in [4.78, 5) is 26.9. The molecule has 0 radical (unpaired) electrons. The van der Waals surface area contributed by atoms with E-state index in [4.69, 9.17) is 0 Å². The number of hydrogen-bond acceptors (Lipinski definition) is 6. The van der Waals surface area contributed by atoms with Gasteiger partial charge in [0.2, 0.25) is 0 Å². The Labute approximate surface area is 152 Å². The van der Waals surface area contributed by atoms with Crippen molar-refractivity contribution in [2.45, 2.75) is 6.92 Å². The zero-order chi connectivity index (χ0) is 18.7. The van der Waals surface area contributed by atoms with Crippen LogP contribution >= 0.6 is 0 Å². The van der Waals surface area contributed by atoms with Crippen LogP contribution < -0.4 is 10.2 Å². The summed E-state index contributed by atoms with van der Waals surface area (Å²) in [6, 6.07) is 12.3. The van der Waals surface area contributed by atoms with Crippen LogP contribution in [0, 0.1) is 10.1 Å². The number of nitro benzene ring substituents is 1. The number of piperazine rings is 1. The lowest BCUT2D eigenvalue weighted by atomic mass is 10.1. The van der Waals surface area contributed by atoms with Crippen molar-refractivity contribution >= 4 is 28.5 Å². The molecule has 3 rings (SSSR count). The number of Topliss-reactive ketones (excluding diaryl/α,β-unsaturated/α-hetero) is 1. The fraction of sp³-hybridized carbons (Fsp3) is 0.316. The van der Waals surface area contributed by atoms with Crippen LogP contribution in [0.1, 0.15) is 17.3 Å². The standard InChI is InChI=1S/C19H22N4O3/c1-14(24)15-3-8-18(19(13-15)23(25)26)20-16-4-6-17(7-5-16)22-11-9-21(2)10-12-22/h3-8,13,20H,9-12H2,1-2H3. The summed E-state index contributed by atoms with van der Waals surface area (Å²) in [5.74, 6) is -0.198. The van der Waals surface area contributed by atoms with Crippen LogP contribution in [-0.4, -0.2) is 48.8 Å². The van der Waals surface area contributed by atoms with Gasteiger partial charge in [-0.2, -0.15) is 0 Å². The number of benzene rings is 2. The van der Waals surface area contributed by atoms with E-state index in [1.165, 1.54) is 13.0 Å². The number of ketones is 1. The first kappa shape index (κ1) is 17.9. The summed E-state index contributed by atoms with van der Waals surface area (Å²) >= 11 is 0. The lowest BCUT2D eigenvalue weighted by Gasteiger charge is -2.34. The van der Waals surface area contributed by atoms with E-state index >= 15 is 0 Å². The van der Waals surface area contributed by atoms with Crippen LogP contribution in [0.4, 0.5) is 22.7 Å². The van der Waals surface area contributed by atoms with Gasteiger partial charge >= 0.3 is 0 Å². The lowest BCUT2D eigenvalue weighted by Crippen LogP contribution is -2.44. The van der Waals surface area contributed by atoms with Gasteiger partial charge in [-0.05, 0) is 50.4 Å². The molecule has 0 saturated carbocycles. The average Bonchev–Trinajstić information content (AvgIpc) is 2.63. The monoisotopic (exact) mass is 354 g/mol. The first-order valence-corrected chi connectivity index (χ1v) is 8.54. The summed E-state index contributed by atoms with van der Waals surface area (Å²) < 4.78 is 0. The summed E-state index contributed by atoms with van der Waals surface area (Å²) in [5, 5.41) is 14.4. The van der Waals surface area contributed by atoms with Crippen LogP contribution in [0.3, 0.4) is 0 Å². The first-order chi connectivity index (χ1) is 12.4. The molecule has 1 aliphatic heterocycles. The predicted octanol–water partition coefficient (Wildman–Crippen LogP) is 3.29. The Kier molecular flexibility index (Phi) is 5.18. The van der Waals surface area contributed by atoms with Crippen molar-refractivity contribution < 1.29 is 9.72 Å². The van der Waals surface area contributed by atoms with Crippen molar-refractivity contribution in [3.63, 3.8) is 0 Å². The van der Waals surface area contributed by atoms with E-state index in [2.05, 4.69) is 22.2 Å². The molecule has 1 fully saturated rings. The van der Waals surface area contributed by atoms with E-state index in [0.717, 1.165) is 37.6 Å². The largest absolute Gasteiger partial charge is 0.369 e. The quantitative estimate of drug-likeness (QED) is 0.504. The van der Waals surface area contributed by atoms with Crippen LogP contribution in [0.15, 0.2) is 42.5 Å². The molecule has 0 unspecified atom stereocenters. The van der Waals surface area contributed by atoms with Gasteiger partial charge in [-0.15, -0.1) is 0 Å². The van der Waals surface area contributed by atoms with Crippen molar-refractivity contribution in [1.82, 2.24) is 4.90 Å². The van der Waals surface area contributed by atoms with E-state index in [1.54, 1.807) is 12.1 Å². The number of carbonyl (C=O) groups is 1. The van der Waals surface area contributed by atoms with Gasteiger partial charge < -0.3 is 15.1 Å². The molecule has 0 atom stereocenters. The summed E-state index contributed by atoms with van der Waals surface area (Å²) in [5.41, 5.74) is 2.49. The molecule has 7 nitrogen and oxygen atoms in total. The van der Waals surface area contributed by atoms with Crippen LogP contribution in [0.2, 0.25) is 0 Å². The minimum Gasteiger partial charge on any atom is -0.369 e. The Morgan fingerprint density at radius 3 is 2.31 bits per heavy atom. The van der Waals surface area contributed by atoms with Crippen LogP contribution in [-0.2, 0) is 0 Å². The van der Waals surface area contributed by atoms with E-state index < -0.39 is 4.92 Å². The van der Waals surface area contributed by atoms with Crippen LogP contribution in [0.25, 0.3) is 0 Å². The molecule has 1 heterocycles. The van der Waals surface area contributed by atoms with E-state index in [-0.39, 0.29) is 11.5 Å². The van der Waals surface area contributed by atoms with Gasteiger partial charge in [-0.25, -0.2) is 0 Å². The number of anilines is 3. The molecule has 136 valence electrons. The molecule has 1 saturated heterocycles. The predicted molar refractivity (Wildman–Crippen MR) is 103 cm³/mol. The van der Waals surface area contributed by atoms with Crippen molar-refractivity contribution in [2.75, 3.05) is 43.4 Å². The minimum absolute atomic E-state index is 0.110. The smallest absolute Gasteiger partial charge is 0.293 e. The number of nitrogens with one attached hydrogen (secondary N) is 1. The number of nitro groups is 1. The molecule has 1 aliphatic rings. The maximum Gasteiger partial charge on any atom is 0.293 e.